The van der Waals surface area contributed by atoms with Crippen LogP contribution in [0, 0.1) is 0 Å². The topological polar surface area (TPSA) is 101 Å². The van der Waals surface area contributed by atoms with Crippen LogP contribution in [-0.2, 0) is 14.8 Å². The lowest BCUT2D eigenvalue weighted by Crippen LogP contribution is -2.48. The zero-order valence-electron chi connectivity index (χ0n) is 15.5. The van der Waals surface area contributed by atoms with Gasteiger partial charge in [0, 0.05) is 5.02 Å². The summed E-state index contributed by atoms with van der Waals surface area (Å²) in [6, 6.07) is 12.6. The maximum Gasteiger partial charge on any atom is 0.269 e. The molecule has 12 heteroatoms. The van der Waals surface area contributed by atoms with E-state index in [2.05, 4.69) is 15.5 Å². The molecule has 30 heavy (non-hydrogen) atoms. The smallest absolute Gasteiger partial charge is 0.269 e. The minimum Gasteiger partial charge on any atom is -0.476 e. The van der Waals surface area contributed by atoms with Crippen molar-refractivity contribution in [3.63, 3.8) is 0 Å². The summed E-state index contributed by atoms with van der Waals surface area (Å²) < 4.78 is 34.2. The standard InChI is InChI=1S/C18H15ClN4O4S3/c1-28-18-22-21-17(29-18)20-16(24)15-10-23(13-9-11(19)7-8-14(13)27-15)30(25,26)12-5-3-2-4-6-12/h2-9,15H,10H2,1H3,(H,20,21,24). The first kappa shape index (κ1) is 20.9. The van der Waals surface area contributed by atoms with E-state index in [1.54, 1.807) is 30.3 Å². The molecule has 4 rings (SSSR count). The second kappa shape index (κ2) is 8.42. The lowest BCUT2D eigenvalue weighted by molar-refractivity contribution is -0.122. The van der Waals surface area contributed by atoms with E-state index in [4.69, 9.17) is 16.3 Å². The number of ether oxygens (including phenoxy) is 1. The molecule has 8 nitrogen and oxygen atoms in total. The minimum absolute atomic E-state index is 0.103. The Hall–Kier alpha value is -2.34. The molecule has 0 aliphatic carbocycles. The molecule has 0 bridgehead atoms. The Morgan fingerprint density at radius 3 is 2.73 bits per heavy atom. The Morgan fingerprint density at radius 2 is 2.03 bits per heavy atom. The summed E-state index contributed by atoms with van der Waals surface area (Å²) in [6.45, 7) is -0.218. The summed E-state index contributed by atoms with van der Waals surface area (Å²) in [5.41, 5.74) is 0.274. The van der Waals surface area contributed by atoms with Gasteiger partial charge in [-0.2, -0.15) is 0 Å². The van der Waals surface area contributed by atoms with E-state index in [1.807, 2.05) is 6.26 Å². The molecule has 1 N–H and O–H groups in total. The molecule has 1 amide bonds. The highest BCUT2D eigenvalue weighted by Gasteiger charge is 2.38. The van der Waals surface area contributed by atoms with Gasteiger partial charge in [-0.1, -0.05) is 52.9 Å². The first-order valence-electron chi connectivity index (χ1n) is 8.61. The van der Waals surface area contributed by atoms with Crippen molar-refractivity contribution in [2.45, 2.75) is 15.3 Å². The number of carbonyl (C=O) groups excluding carboxylic acids is 1. The molecule has 1 aliphatic heterocycles. The molecule has 0 saturated heterocycles. The summed E-state index contributed by atoms with van der Waals surface area (Å²) in [7, 11) is -3.95. The number of halogens is 1. The molecule has 0 fully saturated rings. The Kier molecular flexibility index (Phi) is 5.87. The third-order valence-corrected chi connectivity index (χ3v) is 8.07. The first-order valence-corrected chi connectivity index (χ1v) is 12.5. The van der Waals surface area contributed by atoms with Crippen molar-refractivity contribution in [3.05, 3.63) is 53.6 Å². The maximum absolute atomic E-state index is 13.3. The van der Waals surface area contributed by atoms with Gasteiger partial charge in [-0.3, -0.25) is 14.4 Å². The summed E-state index contributed by atoms with van der Waals surface area (Å²) in [6.07, 6.45) is 0.767. The lowest BCUT2D eigenvalue weighted by Gasteiger charge is -2.34. The van der Waals surface area contributed by atoms with Crippen molar-refractivity contribution in [1.82, 2.24) is 10.2 Å². The Morgan fingerprint density at radius 1 is 1.27 bits per heavy atom. The van der Waals surface area contributed by atoms with E-state index < -0.39 is 22.0 Å². The molecule has 1 aliphatic rings. The second-order valence-electron chi connectivity index (χ2n) is 6.13. The average molecular weight is 483 g/mol. The van der Waals surface area contributed by atoms with Crippen molar-refractivity contribution >= 4 is 61.4 Å². The number of thioether (sulfide) groups is 1. The van der Waals surface area contributed by atoms with Crippen LogP contribution in [0.4, 0.5) is 10.8 Å². The third kappa shape index (κ3) is 4.10. The van der Waals surface area contributed by atoms with Crippen molar-refractivity contribution < 1.29 is 17.9 Å². The van der Waals surface area contributed by atoms with Crippen LogP contribution in [0.25, 0.3) is 0 Å². The number of benzene rings is 2. The molecule has 0 spiro atoms. The highest BCUT2D eigenvalue weighted by Crippen LogP contribution is 2.39. The average Bonchev–Trinajstić information content (AvgIpc) is 3.21. The van der Waals surface area contributed by atoms with Gasteiger partial charge in [0.25, 0.3) is 15.9 Å². The van der Waals surface area contributed by atoms with Crippen molar-refractivity contribution in [1.29, 1.82) is 0 Å². The minimum atomic E-state index is -3.95. The number of hydrogen-bond acceptors (Lipinski definition) is 8. The fourth-order valence-electron chi connectivity index (χ4n) is 2.84. The number of nitrogens with one attached hydrogen (secondary N) is 1. The Balaban J connectivity index is 1.67. The largest absolute Gasteiger partial charge is 0.476 e. The SMILES string of the molecule is CSc1nnc(NC(=O)C2CN(S(=O)(=O)c3ccccc3)c3cc(Cl)ccc3O2)s1. The van der Waals surface area contributed by atoms with Gasteiger partial charge in [0.05, 0.1) is 17.1 Å². The summed E-state index contributed by atoms with van der Waals surface area (Å²) in [4.78, 5) is 12.9. The second-order valence-corrected chi connectivity index (χ2v) is 10.5. The van der Waals surface area contributed by atoms with Crippen molar-refractivity contribution in [2.24, 2.45) is 0 Å². The van der Waals surface area contributed by atoms with E-state index in [9.17, 15) is 13.2 Å². The van der Waals surface area contributed by atoms with E-state index in [0.717, 1.165) is 4.31 Å². The highest BCUT2D eigenvalue weighted by molar-refractivity contribution is 8.00. The van der Waals surface area contributed by atoms with Crippen LogP contribution < -0.4 is 14.4 Å². The highest BCUT2D eigenvalue weighted by atomic mass is 35.5. The molecule has 1 aromatic heterocycles. The number of carbonyl (C=O) groups is 1. The number of sulfonamides is 1. The normalized spacial score (nSPS) is 15.9. The summed E-state index contributed by atoms with van der Waals surface area (Å²) in [5, 5.41) is 11.1. The van der Waals surface area contributed by atoms with E-state index in [0.29, 0.717) is 14.5 Å². The monoisotopic (exact) mass is 482 g/mol. The van der Waals surface area contributed by atoms with Gasteiger partial charge in [0.2, 0.25) is 5.13 Å². The molecule has 156 valence electrons. The number of anilines is 2. The van der Waals surface area contributed by atoms with Crippen LogP contribution in [0.15, 0.2) is 57.8 Å². The van der Waals surface area contributed by atoms with Gasteiger partial charge in [0.15, 0.2) is 10.4 Å². The molecule has 2 heterocycles. The zero-order chi connectivity index (χ0) is 21.3. The van der Waals surface area contributed by atoms with Gasteiger partial charge in [-0.05, 0) is 36.6 Å². The van der Waals surface area contributed by atoms with E-state index in [1.165, 1.54) is 41.3 Å². The molecule has 1 atom stereocenters. The van der Waals surface area contributed by atoms with Gasteiger partial charge in [-0.15, -0.1) is 10.2 Å². The van der Waals surface area contributed by atoms with Crippen LogP contribution in [0.1, 0.15) is 0 Å². The first-order chi connectivity index (χ1) is 14.4. The zero-order valence-corrected chi connectivity index (χ0v) is 18.7. The fraction of sp³-hybridized carbons (Fsp3) is 0.167. The van der Waals surface area contributed by atoms with E-state index >= 15 is 0 Å². The summed E-state index contributed by atoms with van der Waals surface area (Å²) in [5.74, 6) is -0.278. The molecular formula is C18H15ClN4O4S3. The number of aromatic nitrogens is 2. The molecule has 0 saturated carbocycles. The number of hydrogen-bond donors (Lipinski definition) is 1. The molecule has 1 unspecified atom stereocenters. The van der Waals surface area contributed by atoms with E-state index in [-0.39, 0.29) is 22.9 Å². The lowest BCUT2D eigenvalue weighted by atomic mass is 10.2. The van der Waals surface area contributed by atoms with Gasteiger partial charge >= 0.3 is 0 Å². The van der Waals surface area contributed by atoms with Crippen molar-refractivity contribution in [2.75, 3.05) is 22.4 Å². The number of rotatable bonds is 5. The molecule has 2 aromatic carbocycles. The van der Waals surface area contributed by atoms with Crippen LogP contribution >= 0.6 is 34.7 Å². The van der Waals surface area contributed by atoms with Crippen molar-refractivity contribution in [3.8, 4) is 5.75 Å². The summed E-state index contributed by atoms with van der Waals surface area (Å²) >= 11 is 8.72. The number of nitrogens with zero attached hydrogens (tertiary/aromatic N) is 3. The van der Waals surface area contributed by atoms with Gasteiger partial charge in [0.1, 0.15) is 5.75 Å². The number of fused-ring (bicyclic) bond motifs is 1. The van der Waals surface area contributed by atoms with Crippen LogP contribution in [0.5, 0.6) is 5.75 Å². The van der Waals surface area contributed by atoms with Crippen LogP contribution in [0.3, 0.4) is 0 Å². The maximum atomic E-state index is 13.3. The molecule has 3 aromatic rings. The van der Waals surface area contributed by atoms with Gasteiger partial charge < -0.3 is 4.74 Å². The predicted octanol–water partition coefficient (Wildman–Crippen LogP) is 3.51. The van der Waals surface area contributed by atoms with Crippen LogP contribution in [-0.4, -0.2) is 43.4 Å². The quantitative estimate of drug-likeness (QED) is 0.438. The third-order valence-electron chi connectivity index (χ3n) is 4.23. The Labute approximate surface area is 186 Å². The fourth-order valence-corrected chi connectivity index (χ4v) is 5.67. The number of amides is 1. The van der Waals surface area contributed by atoms with Crippen LogP contribution in [0.2, 0.25) is 5.02 Å². The molecule has 0 radical (unpaired) electrons. The van der Waals surface area contributed by atoms with Gasteiger partial charge in [-0.25, -0.2) is 8.42 Å². The Bertz CT molecular complexity index is 1190. The molecular weight excluding hydrogens is 468 g/mol. The predicted molar refractivity (Wildman–Crippen MR) is 117 cm³/mol.